The molecule has 2 rings (SSSR count). The summed E-state index contributed by atoms with van der Waals surface area (Å²) >= 11 is 1.02. The van der Waals surface area contributed by atoms with E-state index in [1.807, 2.05) is 31.2 Å². The Hall–Kier alpha value is -1.43. The second kappa shape index (κ2) is 5.48. The smallest absolute Gasteiger partial charge is 0.248 e. The molecule has 1 heterocycles. The predicted molar refractivity (Wildman–Crippen MR) is 67.9 cm³/mol. The number of hydrogen-bond donors (Lipinski definition) is 0. The third kappa shape index (κ3) is 2.69. The topological polar surface area (TPSA) is 30.7 Å². The van der Waals surface area contributed by atoms with Crippen LogP contribution >= 0.6 is 11.8 Å². The summed E-state index contributed by atoms with van der Waals surface area (Å²) in [5.74, 6) is 0.435. The van der Waals surface area contributed by atoms with Crippen molar-refractivity contribution in [1.82, 2.24) is 14.8 Å². The zero-order valence-electron chi connectivity index (χ0n) is 10.1. The molecule has 0 radical (unpaired) electrons. The Bertz CT molecular complexity index is 540. The SMILES string of the molecule is Cc1ccccc1-c1nnc(SCC(F)F)n1C. The molecule has 0 N–H and O–H groups in total. The van der Waals surface area contributed by atoms with Gasteiger partial charge in [-0.3, -0.25) is 0 Å². The van der Waals surface area contributed by atoms with Crippen LogP contribution in [0.15, 0.2) is 29.4 Å². The summed E-state index contributed by atoms with van der Waals surface area (Å²) in [5, 5.41) is 8.53. The normalized spacial score (nSPS) is 11.2. The molecule has 0 amide bonds. The van der Waals surface area contributed by atoms with Crippen molar-refractivity contribution >= 4 is 11.8 Å². The van der Waals surface area contributed by atoms with Crippen molar-refractivity contribution < 1.29 is 8.78 Å². The molecule has 0 aliphatic heterocycles. The molecule has 0 aliphatic carbocycles. The van der Waals surface area contributed by atoms with Gasteiger partial charge in [-0.05, 0) is 12.5 Å². The fraction of sp³-hybridized carbons (Fsp3) is 0.333. The molecular weight excluding hydrogens is 256 g/mol. The zero-order chi connectivity index (χ0) is 13.1. The summed E-state index contributed by atoms with van der Waals surface area (Å²) in [5.41, 5.74) is 2.05. The van der Waals surface area contributed by atoms with Crippen molar-refractivity contribution in [3.05, 3.63) is 29.8 Å². The Labute approximate surface area is 108 Å². The summed E-state index contributed by atoms with van der Waals surface area (Å²) < 4.78 is 26.1. The van der Waals surface area contributed by atoms with Gasteiger partial charge < -0.3 is 4.57 Å². The van der Waals surface area contributed by atoms with Gasteiger partial charge in [-0.25, -0.2) is 8.78 Å². The van der Waals surface area contributed by atoms with Crippen molar-refractivity contribution in [3.8, 4) is 11.4 Å². The molecule has 1 aromatic carbocycles. The van der Waals surface area contributed by atoms with Crippen LogP contribution in [0.3, 0.4) is 0 Å². The number of alkyl halides is 2. The van der Waals surface area contributed by atoms with Crippen LogP contribution in [0.4, 0.5) is 8.78 Å². The summed E-state index contributed by atoms with van der Waals surface area (Å²) in [6.45, 7) is 1.98. The van der Waals surface area contributed by atoms with Gasteiger partial charge in [0.2, 0.25) is 6.43 Å². The maximum atomic E-state index is 12.2. The fourth-order valence-corrected chi connectivity index (χ4v) is 2.29. The highest BCUT2D eigenvalue weighted by Gasteiger charge is 2.14. The summed E-state index contributed by atoms with van der Waals surface area (Å²) in [4.78, 5) is 0. The number of rotatable bonds is 4. The molecule has 0 aliphatic rings. The molecule has 0 spiro atoms. The van der Waals surface area contributed by atoms with E-state index in [-0.39, 0.29) is 5.75 Å². The molecule has 3 nitrogen and oxygen atoms in total. The number of nitrogens with zero attached hydrogens (tertiary/aromatic N) is 3. The fourth-order valence-electron chi connectivity index (χ4n) is 1.64. The quantitative estimate of drug-likeness (QED) is 0.799. The highest BCUT2D eigenvalue weighted by atomic mass is 32.2. The van der Waals surface area contributed by atoms with E-state index in [1.54, 1.807) is 11.6 Å². The standard InChI is InChI=1S/C12H13F2N3S/c1-8-5-3-4-6-9(8)11-15-16-12(17(11)2)18-7-10(13)14/h3-6,10H,7H2,1-2H3. The van der Waals surface area contributed by atoms with Gasteiger partial charge in [-0.15, -0.1) is 10.2 Å². The van der Waals surface area contributed by atoms with Crippen LogP contribution in [-0.4, -0.2) is 26.9 Å². The Kier molecular flexibility index (Phi) is 3.96. The zero-order valence-corrected chi connectivity index (χ0v) is 10.9. The summed E-state index contributed by atoms with van der Waals surface area (Å²) in [6.07, 6.45) is -2.34. The van der Waals surface area contributed by atoms with E-state index < -0.39 is 6.43 Å². The van der Waals surface area contributed by atoms with Gasteiger partial charge in [0.25, 0.3) is 0 Å². The van der Waals surface area contributed by atoms with Crippen molar-refractivity contribution in [1.29, 1.82) is 0 Å². The van der Waals surface area contributed by atoms with Gasteiger partial charge in [0.05, 0.1) is 5.75 Å². The Balaban J connectivity index is 2.28. The van der Waals surface area contributed by atoms with Gasteiger partial charge in [0.15, 0.2) is 11.0 Å². The molecule has 96 valence electrons. The molecule has 0 bridgehead atoms. The Morgan fingerprint density at radius 3 is 2.67 bits per heavy atom. The highest BCUT2D eigenvalue weighted by Crippen LogP contribution is 2.25. The van der Waals surface area contributed by atoms with E-state index in [4.69, 9.17) is 0 Å². The number of aryl methyl sites for hydroxylation is 1. The van der Waals surface area contributed by atoms with Crippen LogP contribution in [0.2, 0.25) is 0 Å². The monoisotopic (exact) mass is 269 g/mol. The summed E-state index contributed by atoms with van der Waals surface area (Å²) in [6, 6.07) is 7.79. The van der Waals surface area contributed by atoms with E-state index >= 15 is 0 Å². The van der Waals surface area contributed by atoms with E-state index in [0.717, 1.165) is 22.9 Å². The first-order valence-corrected chi connectivity index (χ1v) is 6.44. The van der Waals surface area contributed by atoms with Gasteiger partial charge in [0.1, 0.15) is 0 Å². The lowest BCUT2D eigenvalue weighted by Gasteiger charge is -2.05. The van der Waals surface area contributed by atoms with Crippen molar-refractivity contribution in [2.75, 3.05) is 5.75 Å². The third-order valence-electron chi connectivity index (χ3n) is 2.56. The van der Waals surface area contributed by atoms with Crippen molar-refractivity contribution in [2.45, 2.75) is 18.5 Å². The number of halogens is 2. The lowest BCUT2D eigenvalue weighted by atomic mass is 10.1. The minimum atomic E-state index is -2.34. The lowest BCUT2D eigenvalue weighted by Crippen LogP contribution is -1.99. The molecular formula is C12H13F2N3S. The van der Waals surface area contributed by atoms with Crippen LogP contribution in [0.25, 0.3) is 11.4 Å². The molecule has 0 saturated heterocycles. The largest absolute Gasteiger partial charge is 0.305 e. The van der Waals surface area contributed by atoms with E-state index in [2.05, 4.69) is 10.2 Å². The maximum Gasteiger partial charge on any atom is 0.248 e. The van der Waals surface area contributed by atoms with E-state index in [0.29, 0.717) is 11.0 Å². The lowest BCUT2D eigenvalue weighted by molar-refractivity contribution is 0.176. The average Bonchev–Trinajstić information content (AvgIpc) is 2.69. The molecule has 0 fully saturated rings. The molecule has 18 heavy (non-hydrogen) atoms. The molecule has 1 aromatic heterocycles. The second-order valence-corrected chi connectivity index (χ2v) is 4.87. The van der Waals surface area contributed by atoms with Crippen LogP contribution in [0.5, 0.6) is 0 Å². The molecule has 0 unspecified atom stereocenters. The predicted octanol–water partition coefficient (Wildman–Crippen LogP) is 3.15. The number of hydrogen-bond acceptors (Lipinski definition) is 3. The number of thioether (sulfide) groups is 1. The second-order valence-electron chi connectivity index (χ2n) is 3.88. The number of aromatic nitrogens is 3. The average molecular weight is 269 g/mol. The maximum absolute atomic E-state index is 12.2. The summed E-state index contributed by atoms with van der Waals surface area (Å²) in [7, 11) is 1.79. The minimum Gasteiger partial charge on any atom is -0.305 e. The molecule has 2 aromatic rings. The first-order chi connectivity index (χ1) is 8.59. The van der Waals surface area contributed by atoms with Crippen molar-refractivity contribution in [3.63, 3.8) is 0 Å². The van der Waals surface area contributed by atoms with E-state index in [1.165, 1.54) is 0 Å². The van der Waals surface area contributed by atoms with Crippen LogP contribution in [-0.2, 0) is 7.05 Å². The van der Waals surface area contributed by atoms with Crippen LogP contribution in [0, 0.1) is 6.92 Å². The van der Waals surface area contributed by atoms with Crippen LogP contribution in [0.1, 0.15) is 5.56 Å². The van der Waals surface area contributed by atoms with Gasteiger partial charge in [-0.1, -0.05) is 36.0 Å². The number of benzene rings is 1. The van der Waals surface area contributed by atoms with Gasteiger partial charge in [0, 0.05) is 12.6 Å². The first-order valence-electron chi connectivity index (χ1n) is 5.46. The van der Waals surface area contributed by atoms with E-state index in [9.17, 15) is 8.78 Å². The molecule has 0 atom stereocenters. The minimum absolute atomic E-state index is 0.264. The molecule has 0 saturated carbocycles. The third-order valence-corrected chi connectivity index (χ3v) is 3.59. The Morgan fingerprint density at radius 1 is 1.28 bits per heavy atom. The first kappa shape index (κ1) is 13.0. The van der Waals surface area contributed by atoms with Gasteiger partial charge in [-0.2, -0.15) is 0 Å². The highest BCUT2D eigenvalue weighted by molar-refractivity contribution is 7.99. The van der Waals surface area contributed by atoms with Crippen LogP contribution < -0.4 is 0 Å². The Morgan fingerprint density at radius 2 is 2.00 bits per heavy atom. The van der Waals surface area contributed by atoms with Crippen molar-refractivity contribution in [2.24, 2.45) is 7.05 Å². The molecule has 6 heteroatoms. The van der Waals surface area contributed by atoms with Gasteiger partial charge >= 0.3 is 0 Å².